The van der Waals surface area contributed by atoms with Gasteiger partial charge in [-0.25, -0.2) is 13.4 Å². The summed E-state index contributed by atoms with van der Waals surface area (Å²) in [6, 6.07) is 17.7. The number of pyridine rings is 1. The van der Waals surface area contributed by atoms with Gasteiger partial charge in [-0.1, -0.05) is 42.1 Å². The second-order valence-corrected chi connectivity index (χ2v) is 11.0. The molecule has 1 aliphatic heterocycles. The minimum atomic E-state index is -3.04. The number of carbonyl (C=O) groups is 1. The fourth-order valence-electron chi connectivity index (χ4n) is 4.12. The van der Waals surface area contributed by atoms with Gasteiger partial charge in [0.1, 0.15) is 5.75 Å². The second kappa shape index (κ2) is 9.50. The average molecular weight is 471 g/mol. The van der Waals surface area contributed by atoms with Crippen LogP contribution in [0.15, 0.2) is 59.6 Å². The summed E-state index contributed by atoms with van der Waals surface area (Å²) in [6.45, 7) is 2.39. The molecular formula is C24H26N2O4S2. The lowest BCUT2D eigenvalue weighted by Gasteiger charge is -2.26. The summed E-state index contributed by atoms with van der Waals surface area (Å²) < 4.78 is 29.1. The third kappa shape index (κ3) is 4.91. The number of sulfone groups is 1. The molecule has 1 aromatic heterocycles. The van der Waals surface area contributed by atoms with Crippen LogP contribution in [0, 0.1) is 0 Å². The van der Waals surface area contributed by atoms with Crippen molar-refractivity contribution in [2.24, 2.45) is 0 Å². The number of fused-ring (bicyclic) bond motifs is 1. The minimum Gasteiger partial charge on any atom is -0.497 e. The van der Waals surface area contributed by atoms with Crippen LogP contribution in [0.5, 0.6) is 5.75 Å². The smallest absolute Gasteiger partial charge is 0.233 e. The van der Waals surface area contributed by atoms with Crippen LogP contribution in [-0.2, 0) is 14.6 Å². The molecule has 2 heterocycles. The lowest BCUT2D eigenvalue weighted by Crippen LogP contribution is -2.41. The van der Waals surface area contributed by atoms with E-state index in [-0.39, 0.29) is 29.2 Å². The molecule has 0 aliphatic carbocycles. The lowest BCUT2D eigenvalue weighted by molar-refractivity contribution is -0.129. The Balaban J connectivity index is 1.60. The number of benzene rings is 2. The molecular weight excluding hydrogens is 444 g/mol. The van der Waals surface area contributed by atoms with Crippen LogP contribution in [0.4, 0.5) is 0 Å². The molecule has 8 heteroatoms. The number of rotatable bonds is 7. The molecule has 1 amide bonds. The molecule has 2 aromatic carbocycles. The Labute approximate surface area is 192 Å². The number of hydrogen-bond acceptors (Lipinski definition) is 6. The first-order chi connectivity index (χ1) is 15.4. The van der Waals surface area contributed by atoms with Gasteiger partial charge in [0.25, 0.3) is 0 Å². The van der Waals surface area contributed by atoms with Crippen molar-refractivity contribution in [1.29, 1.82) is 0 Å². The molecule has 1 saturated heterocycles. The molecule has 3 aromatic rings. The van der Waals surface area contributed by atoms with Crippen LogP contribution in [0.1, 0.15) is 13.3 Å². The number of amides is 1. The summed E-state index contributed by atoms with van der Waals surface area (Å²) in [5.41, 5.74) is 2.92. The number of nitrogens with zero attached hydrogens (tertiary/aromatic N) is 2. The van der Waals surface area contributed by atoms with Gasteiger partial charge in [-0.2, -0.15) is 0 Å². The zero-order valence-electron chi connectivity index (χ0n) is 18.2. The molecule has 4 rings (SSSR count). The molecule has 32 heavy (non-hydrogen) atoms. The standard InChI is InChI=1S/C24H26N2O4S2/c1-3-26(18-11-12-32(28,29)16-18)24(27)15-31-23-14-21(17-7-5-4-6-8-17)20-10-9-19(30-2)13-22(20)25-23/h4-10,13-14,18H,3,11-12,15-16H2,1-2H3/t18-/m1/s1. The van der Waals surface area contributed by atoms with Gasteiger partial charge in [0, 0.05) is 24.0 Å². The topological polar surface area (TPSA) is 76.6 Å². The Hall–Kier alpha value is -2.58. The Bertz CT molecular complexity index is 1230. The summed E-state index contributed by atoms with van der Waals surface area (Å²) in [5.74, 6) is 1.09. The number of methoxy groups -OCH3 is 1. The molecule has 1 aliphatic rings. The normalized spacial score (nSPS) is 17.4. The van der Waals surface area contributed by atoms with Crippen molar-refractivity contribution in [3.8, 4) is 16.9 Å². The van der Waals surface area contributed by atoms with Gasteiger partial charge in [-0.05, 0) is 42.7 Å². The van der Waals surface area contributed by atoms with Gasteiger partial charge >= 0.3 is 0 Å². The fourth-order valence-corrected chi connectivity index (χ4v) is 6.65. The first-order valence-corrected chi connectivity index (χ1v) is 13.4. The number of hydrogen-bond donors (Lipinski definition) is 0. The van der Waals surface area contributed by atoms with Gasteiger partial charge in [-0.3, -0.25) is 4.79 Å². The van der Waals surface area contributed by atoms with Crippen molar-refractivity contribution < 1.29 is 17.9 Å². The van der Waals surface area contributed by atoms with Crippen LogP contribution in [0.25, 0.3) is 22.0 Å². The second-order valence-electron chi connectivity index (χ2n) is 7.78. The molecule has 168 valence electrons. The van der Waals surface area contributed by atoms with Crippen LogP contribution in [-0.4, -0.2) is 61.2 Å². The minimum absolute atomic E-state index is 0.0589. The molecule has 1 atom stereocenters. The van der Waals surface area contributed by atoms with Crippen LogP contribution in [0.3, 0.4) is 0 Å². The Morgan fingerprint density at radius 3 is 2.62 bits per heavy atom. The summed E-state index contributed by atoms with van der Waals surface area (Å²) in [4.78, 5) is 19.4. The van der Waals surface area contributed by atoms with Crippen LogP contribution >= 0.6 is 11.8 Å². The van der Waals surface area contributed by atoms with Gasteiger partial charge in [-0.15, -0.1) is 0 Å². The highest BCUT2D eigenvalue weighted by molar-refractivity contribution is 7.99. The maximum atomic E-state index is 12.9. The summed E-state index contributed by atoms with van der Waals surface area (Å²) in [5, 5.41) is 1.76. The molecule has 0 unspecified atom stereocenters. The number of aromatic nitrogens is 1. The predicted molar refractivity (Wildman–Crippen MR) is 129 cm³/mol. The van der Waals surface area contributed by atoms with Crippen molar-refractivity contribution in [2.75, 3.05) is 30.9 Å². The van der Waals surface area contributed by atoms with E-state index in [0.717, 1.165) is 32.8 Å². The van der Waals surface area contributed by atoms with Crippen LogP contribution in [0.2, 0.25) is 0 Å². The zero-order valence-corrected chi connectivity index (χ0v) is 19.8. The molecule has 0 spiro atoms. The largest absolute Gasteiger partial charge is 0.497 e. The van der Waals surface area contributed by atoms with Gasteiger partial charge in [0.05, 0.1) is 34.9 Å². The van der Waals surface area contributed by atoms with Crippen LogP contribution < -0.4 is 4.74 Å². The van der Waals surface area contributed by atoms with Gasteiger partial charge in [0.15, 0.2) is 9.84 Å². The third-order valence-corrected chi connectivity index (χ3v) is 8.38. The SMILES string of the molecule is CCN(C(=O)CSc1cc(-c2ccccc2)c2ccc(OC)cc2n1)[C@@H]1CCS(=O)(=O)C1. The average Bonchev–Trinajstić information content (AvgIpc) is 3.16. The summed E-state index contributed by atoms with van der Waals surface area (Å²) in [6.07, 6.45) is 0.513. The van der Waals surface area contributed by atoms with Crippen molar-refractivity contribution >= 4 is 38.4 Å². The highest BCUT2D eigenvalue weighted by Gasteiger charge is 2.33. The zero-order chi connectivity index (χ0) is 22.7. The first-order valence-electron chi connectivity index (χ1n) is 10.6. The van der Waals surface area contributed by atoms with Crippen molar-refractivity contribution in [3.63, 3.8) is 0 Å². The van der Waals surface area contributed by atoms with Crippen molar-refractivity contribution in [2.45, 2.75) is 24.4 Å². The summed E-state index contributed by atoms with van der Waals surface area (Å²) >= 11 is 1.38. The van der Waals surface area contributed by atoms with Crippen molar-refractivity contribution in [3.05, 3.63) is 54.6 Å². The highest BCUT2D eigenvalue weighted by Crippen LogP contribution is 2.33. The van der Waals surface area contributed by atoms with E-state index in [4.69, 9.17) is 9.72 Å². The van der Waals surface area contributed by atoms with E-state index in [2.05, 4.69) is 12.1 Å². The van der Waals surface area contributed by atoms with E-state index in [0.29, 0.717) is 13.0 Å². The molecule has 1 fully saturated rings. The lowest BCUT2D eigenvalue weighted by atomic mass is 10.0. The molecule has 0 saturated carbocycles. The molecule has 6 nitrogen and oxygen atoms in total. The molecule has 0 N–H and O–H groups in total. The van der Waals surface area contributed by atoms with Gasteiger partial charge in [0.2, 0.25) is 5.91 Å². The Kier molecular flexibility index (Phi) is 6.71. The van der Waals surface area contributed by atoms with Gasteiger partial charge < -0.3 is 9.64 Å². The Morgan fingerprint density at radius 2 is 1.97 bits per heavy atom. The van der Waals surface area contributed by atoms with E-state index in [1.54, 1.807) is 12.0 Å². The number of carbonyl (C=O) groups excluding carboxylic acids is 1. The van der Waals surface area contributed by atoms with E-state index < -0.39 is 9.84 Å². The third-order valence-electron chi connectivity index (χ3n) is 5.73. The number of ether oxygens (including phenoxy) is 1. The van der Waals surface area contributed by atoms with E-state index in [1.165, 1.54) is 11.8 Å². The highest BCUT2D eigenvalue weighted by atomic mass is 32.2. The maximum Gasteiger partial charge on any atom is 0.233 e. The summed E-state index contributed by atoms with van der Waals surface area (Å²) in [7, 11) is -1.42. The number of thioether (sulfide) groups is 1. The van der Waals surface area contributed by atoms with E-state index in [9.17, 15) is 13.2 Å². The monoisotopic (exact) mass is 470 g/mol. The first kappa shape index (κ1) is 22.6. The van der Waals surface area contributed by atoms with E-state index >= 15 is 0 Å². The van der Waals surface area contributed by atoms with Crippen molar-refractivity contribution in [1.82, 2.24) is 9.88 Å². The molecule has 0 radical (unpaired) electrons. The fraction of sp³-hybridized carbons (Fsp3) is 0.333. The molecule has 0 bridgehead atoms. The quantitative estimate of drug-likeness (QED) is 0.485. The maximum absolute atomic E-state index is 12.9. The van der Waals surface area contributed by atoms with E-state index in [1.807, 2.05) is 49.4 Å². The predicted octanol–water partition coefficient (Wildman–Crippen LogP) is 4.04. The Morgan fingerprint density at radius 1 is 1.19 bits per heavy atom.